The van der Waals surface area contributed by atoms with E-state index in [0.29, 0.717) is 0 Å². The van der Waals surface area contributed by atoms with E-state index in [2.05, 4.69) is 0 Å². The summed E-state index contributed by atoms with van der Waals surface area (Å²) in [5.74, 6) is -1.21. The number of aliphatic carboxylic acids is 1. The summed E-state index contributed by atoms with van der Waals surface area (Å²) >= 11 is 0. The molecule has 17 heavy (non-hydrogen) atoms. The van der Waals surface area contributed by atoms with Crippen molar-refractivity contribution in [2.24, 2.45) is 0 Å². The van der Waals surface area contributed by atoms with Crippen molar-refractivity contribution in [1.82, 2.24) is 0 Å². The van der Waals surface area contributed by atoms with Gasteiger partial charge in [-0.15, -0.1) is 0 Å². The molecule has 94 valence electrons. The summed E-state index contributed by atoms with van der Waals surface area (Å²) in [4.78, 5) is 11.5. The van der Waals surface area contributed by atoms with Crippen molar-refractivity contribution < 1.29 is 23.1 Å². The van der Waals surface area contributed by atoms with Gasteiger partial charge in [0.05, 0.1) is 5.56 Å². The molecule has 1 aromatic carbocycles. The molecular weight excluding hydrogens is 237 g/mol. The van der Waals surface area contributed by atoms with Crippen LogP contribution in [0, 0.1) is 0 Å². The number of likely N-dealkylation sites (N-methyl/N-ethyl adjacent to an activating group) is 1. The van der Waals surface area contributed by atoms with Crippen molar-refractivity contribution in [1.29, 1.82) is 0 Å². The molecule has 4 nitrogen and oxygen atoms in total. The molecule has 0 atom stereocenters. The van der Waals surface area contributed by atoms with Crippen LogP contribution in [0.3, 0.4) is 0 Å². The first-order chi connectivity index (χ1) is 7.71. The molecule has 1 aromatic rings. The van der Waals surface area contributed by atoms with Crippen molar-refractivity contribution in [3.8, 4) is 0 Å². The van der Waals surface area contributed by atoms with Gasteiger partial charge in [-0.25, -0.2) is 0 Å². The first kappa shape index (κ1) is 13.1. The molecule has 0 aliphatic heterocycles. The molecular formula is C10H11F3N2O2. The van der Waals surface area contributed by atoms with Crippen LogP contribution in [0.25, 0.3) is 0 Å². The number of rotatable bonds is 3. The molecule has 7 heteroatoms. The Bertz CT molecular complexity index is 432. The minimum Gasteiger partial charge on any atom is -0.480 e. The van der Waals surface area contributed by atoms with Gasteiger partial charge >= 0.3 is 12.1 Å². The molecule has 0 aromatic heterocycles. The van der Waals surface area contributed by atoms with E-state index >= 15 is 0 Å². The highest BCUT2D eigenvalue weighted by molar-refractivity contribution is 5.74. The fourth-order valence-electron chi connectivity index (χ4n) is 1.40. The number of nitrogens with two attached hydrogens (primary N) is 1. The Kier molecular flexibility index (Phi) is 3.50. The monoisotopic (exact) mass is 248 g/mol. The number of halogens is 3. The van der Waals surface area contributed by atoms with Crippen LogP contribution in [0.4, 0.5) is 24.5 Å². The van der Waals surface area contributed by atoms with E-state index in [1.807, 2.05) is 0 Å². The normalized spacial score (nSPS) is 11.3. The maximum atomic E-state index is 12.7. The lowest BCUT2D eigenvalue weighted by molar-refractivity contribution is -0.138. The van der Waals surface area contributed by atoms with Gasteiger partial charge in [-0.05, 0) is 18.2 Å². The Morgan fingerprint density at radius 2 is 2.06 bits per heavy atom. The van der Waals surface area contributed by atoms with Gasteiger partial charge in [-0.3, -0.25) is 4.79 Å². The highest BCUT2D eigenvalue weighted by Crippen LogP contribution is 2.37. The zero-order valence-electron chi connectivity index (χ0n) is 8.95. The van der Waals surface area contributed by atoms with E-state index in [1.54, 1.807) is 0 Å². The van der Waals surface area contributed by atoms with Gasteiger partial charge in [0.15, 0.2) is 0 Å². The van der Waals surface area contributed by atoms with E-state index < -0.39 is 24.3 Å². The number of alkyl halides is 3. The van der Waals surface area contributed by atoms with Gasteiger partial charge in [-0.2, -0.15) is 13.2 Å². The average molecular weight is 248 g/mol. The molecule has 0 radical (unpaired) electrons. The lowest BCUT2D eigenvalue weighted by Gasteiger charge is -2.22. The van der Waals surface area contributed by atoms with Gasteiger partial charge in [-0.1, -0.05) is 0 Å². The van der Waals surface area contributed by atoms with E-state index in [1.165, 1.54) is 13.1 Å². The Balaban J connectivity index is 3.19. The lowest BCUT2D eigenvalue weighted by atomic mass is 10.1. The Hall–Kier alpha value is -1.92. The van der Waals surface area contributed by atoms with Crippen molar-refractivity contribution in [2.75, 3.05) is 24.2 Å². The average Bonchev–Trinajstić information content (AvgIpc) is 2.14. The fraction of sp³-hybridized carbons (Fsp3) is 0.300. The smallest absolute Gasteiger partial charge is 0.418 e. The molecule has 3 N–H and O–H groups in total. The molecule has 1 rings (SSSR count). The largest absolute Gasteiger partial charge is 0.480 e. The molecule has 0 saturated heterocycles. The standard InChI is InChI=1S/C10H11F3N2O2/c1-15(5-9(16)17)8-3-2-6(14)4-7(8)10(11,12)13/h2-4H,5,14H2,1H3,(H,16,17). The Morgan fingerprint density at radius 3 is 2.53 bits per heavy atom. The summed E-state index contributed by atoms with van der Waals surface area (Å²) in [5, 5.41) is 8.55. The quantitative estimate of drug-likeness (QED) is 0.800. The van der Waals surface area contributed by atoms with E-state index in [9.17, 15) is 18.0 Å². The summed E-state index contributed by atoms with van der Waals surface area (Å²) in [6.07, 6.45) is -4.57. The van der Waals surface area contributed by atoms with Crippen LogP contribution in [0.1, 0.15) is 5.56 Å². The third-order valence-electron chi connectivity index (χ3n) is 2.11. The molecule has 0 fully saturated rings. The molecule has 0 aliphatic carbocycles. The number of anilines is 2. The van der Waals surface area contributed by atoms with Crippen molar-refractivity contribution in [3.05, 3.63) is 23.8 Å². The van der Waals surface area contributed by atoms with E-state index in [0.717, 1.165) is 17.0 Å². The molecule has 0 bridgehead atoms. The SMILES string of the molecule is CN(CC(=O)O)c1ccc(N)cc1C(F)(F)F. The highest BCUT2D eigenvalue weighted by Gasteiger charge is 2.34. The van der Waals surface area contributed by atoms with Gasteiger partial charge in [0.25, 0.3) is 0 Å². The minimum absolute atomic E-state index is 0.0233. The minimum atomic E-state index is -4.57. The summed E-state index contributed by atoms with van der Waals surface area (Å²) in [6, 6.07) is 3.23. The summed E-state index contributed by atoms with van der Waals surface area (Å²) in [6.45, 7) is -0.521. The second kappa shape index (κ2) is 4.52. The molecule has 0 saturated carbocycles. The van der Waals surface area contributed by atoms with Gasteiger partial charge in [0.1, 0.15) is 6.54 Å². The number of nitrogens with zero attached hydrogens (tertiary/aromatic N) is 1. The number of hydrogen-bond acceptors (Lipinski definition) is 3. The molecule has 0 aliphatic rings. The number of carbonyl (C=O) groups is 1. The van der Waals surface area contributed by atoms with Crippen LogP contribution in [-0.4, -0.2) is 24.7 Å². The molecule has 0 amide bonds. The summed E-state index contributed by atoms with van der Waals surface area (Å²) in [5.41, 5.74) is 4.11. The van der Waals surface area contributed by atoms with Gasteiger partial charge in [0, 0.05) is 18.4 Å². The molecule has 0 unspecified atom stereocenters. The summed E-state index contributed by atoms with van der Waals surface area (Å²) in [7, 11) is 1.27. The number of nitrogen functional groups attached to an aromatic ring is 1. The Labute approximate surface area is 95.4 Å². The van der Waals surface area contributed by atoms with Crippen LogP contribution in [0.15, 0.2) is 18.2 Å². The first-order valence-electron chi connectivity index (χ1n) is 4.61. The summed E-state index contributed by atoms with van der Waals surface area (Å²) < 4.78 is 38.1. The van der Waals surface area contributed by atoms with Crippen molar-refractivity contribution in [2.45, 2.75) is 6.18 Å². The van der Waals surface area contributed by atoms with Crippen LogP contribution in [-0.2, 0) is 11.0 Å². The second-order valence-electron chi connectivity index (χ2n) is 3.52. The lowest BCUT2D eigenvalue weighted by Crippen LogP contribution is -2.27. The number of hydrogen-bond donors (Lipinski definition) is 2. The topological polar surface area (TPSA) is 66.6 Å². The maximum absolute atomic E-state index is 12.7. The number of carboxylic acids is 1. The van der Waals surface area contributed by atoms with E-state index in [-0.39, 0.29) is 11.4 Å². The maximum Gasteiger partial charge on any atom is 0.418 e. The van der Waals surface area contributed by atoms with Crippen LogP contribution in [0.2, 0.25) is 0 Å². The van der Waals surface area contributed by atoms with Crippen molar-refractivity contribution in [3.63, 3.8) is 0 Å². The fourth-order valence-corrected chi connectivity index (χ4v) is 1.40. The Morgan fingerprint density at radius 1 is 1.47 bits per heavy atom. The number of carboxylic acid groups (broad SMARTS) is 1. The second-order valence-corrected chi connectivity index (χ2v) is 3.52. The van der Waals surface area contributed by atoms with Gasteiger partial charge in [0.2, 0.25) is 0 Å². The number of benzene rings is 1. The zero-order valence-corrected chi connectivity index (χ0v) is 8.95. The van der Waals surface area contributed by atoms with Crippen LogP contribution < -0.4 is 10.6 Å². The predicted molar refractivity (Wildman–Crippen MR) is 56.8 cm³/mol. The third-order valence-corrected chi connectivity index (χ3v) is 2.11. The van der Waals surface area contributed by atoms with Crippen molar-refractivity contribution >= 4 is 17.3 Å². The van der Waals surface area contributed by atoms with Crippen LogP contribution >= 0.6 is 0 Å². The predicted octanol–water partition coefficient (Wildman–Crippen LogP) is 1.81. The third kappa shape index (κ3) is 3.27. The van der Waals surface area contributed by atoms with E-state index in [4.69, 9.17) is 10.8 Å². The highest BCUT2D eigenvalue weighted by atomic mass is 19.4. The molecule has 0 heterocycles. The first-order valence-corrected chi connectivity index (χ1v) is 4.61. The van der Waals surface area contributed by atoms with Crippen LogP contribution in [0.5, 0.6) is 0 Å². The molecule has 0 spiro atoms. The zero-order chi connectivity index (χ0) is 13.2. The van der Waals surface area contributed by atoms with Gasteiger partial charge < -0.3 is 15.7 Å².